The zero-order valence-corrected chi connectivity index (χ0v) is 17.0. The first kappa shape index (κ1) is 19.3. The van der Waals surface area contributed by atoms with Crippen LogP contribution in [0.1, 0.15) is 5.56 Å². The van der Waals surface area contributed by atoms with Gasteiger partial charge in [-0.3, -0.25) is 9.72 Å². The number of carbonyl (C=O) groups excluding carboxylic acids is 1. The number of imidazole rings is 1. The van der Waals surface area contributed by atoms with Crippen molar-refractivity contribution in [3.05, 3.63) is 72.4 Å². The Morgan fingerprint density at radius 1 is 0.933 bits per heavy atom. The molecule has 30 heavy (non-hydrogen) atoms. The monoisotopic (exact) mass is 402 g/mol. The van der Waals surface area contributed by atoms with Crippen LogP contribution in [0.4, 0.5) is 16.3 Å². The number of amides is 2. The van der Waals surface area contributed by atoms with Gasteiger partial charge >= 0.3 is 6.03 Å². The molecule has 0 saturated carbocycles. The minimum absolute atomic E-state index is 0.375. The highest BCUT2D eigenvalue weighted by molar-refractivity contribution is 6.02. The van der Waals surface area contributed by atoms with Gasteiger partial charge < -0.3 is 14.8 Å². The number of pyridine rings is 1. The SMILES string of the molecule is COc1ccc(NC(=O)Nc2c(-c3ccccc3OC)nc3ccc(C)cn23)cc1. The van der Waals surface area contributed by atoms with Gasteiger partial charge in [0.25, 0.3) is 0 Å². The van der Waals surface area contributed by atoms with Gasteiger partial charge in [0, 0.05) is 17.4 Å². The lowest BCUT2D eigenvalue weighted by molar-refractivity contribution is 0.262. The standard InChI is InChI=1S/C23H22N4O3/c1-15-8-13-20-25-21(18-6-4-5-7-19(18)30-3)22(27(20)14-15)26-23(28)24-16-9-11-17(29-2)12-10-16/h4-14H,1-3H3,(H2,24,26,28). The van der Waals surface area contributed by atoms with E-state index in [4.69, 9.17) is 14.5 Å². The van der Waals surface area contributed by atoms with E-state index in [0.29, 0.717) is 22.9 Å². The molecule has 152 valence electrons. The fourth-order valence-electron chi connectivity index (χ4n) is 3.24. The maximum atomic E-state index is 12.8. The molecule has 0 radical (unpaired) electrons. The maximum Gasteiger partial charge on any atom is 0.324 e. The molecule has 2 amide bonds. The summed E-state index contributed by atoms with van der Waals surface area (Å²) in [6.45, 7) is 1.99. The average Bonchev–Trinajstić information content (AvgIpc) is 3.11. The number of nitrogens with one attached hydrogen (secondary N) is 2. The molecule has 0 aliphatic carbocycles. The van der Waals surface area contributed by atoms with Gasteiger partial charge in [-0.1, -0.05) is 18.2 Å². The number of nitrogens with zero attached hydrogens (tertiary/aromatic N) is 2. The molecule has 0 aliphatic rings. The predicted molar refractivity (Wildman–Crippen MR) is 118 cm³/mol. The summed E-state index contributed by atoms with van der Waals surface area (Å²) in [7, 11) is 3.21. The molecule has 0 unspecified atom stereocenters. The van der Waals surface area contributed by atoms with Crippen LogP contribution in [0.3, 0.4) is 0 Å². The highest BCUT2D eigenvalue weighted by atomic mass is 16.5. The van der Waals surface area contributed by atoms with E-state index in [9.17, 15) is 4.79 Å². The van der Waals surface area contributed by atoms with Gasteiger partial charge in [0.2, 0.25) is 0 Å². The Morgan fingerprint density at radius 3 is 2.43 bits per heavy atom. The van der Waals surface area contributed by atoms with Crippen LogP contribution < -0.4 is 20.1 Å². The van der Waals surface area contributed by atoms with Gasteiger partial charge in [-0.2, -0.15) is 0 Å². The van der Waals surface area contributed by atoms with E-state index >= 15 is 0 Å². The van der Waals surface area contributed by atoms with E-state index in [2.05, 4.69) is 10.6 Å². The number of anilines is 2. The highest BCUT2D eigenvalue weighted by Gasteiger charge is 2.19. The first-order valence-electron chi connectivity index (χ1n) is 9.43. The lowest BCUT2D eigenvalue weighted by Crippen LogP contribution is -2.20. The Bertz CT molecular complexity index is 1200. The van der Waals surface area contributed by atoms with Crippen molar-refractivity contribution in [2.45, 2.75) is 6.92 Å². The highest BCUT2D eigenvalue weighted by Crippen LogP contribution is 2.35. The maximum absolute atomic E-state index is 12.8. The minimum atomic E-state index is -0.375. The molecule has 7 nitrogen and oxygen atoms in total. The van der Waals surface area contributed by atoms with Gasteiger partial charge in [0.05, 0.1) is 14.2 Å². The molecule has 2 aromatic heterocycles. The van der Waals surface area contributed by atoms with Crippen LogP contribution in [-0.4, -0.2) is 29.6 Å². The van der Waals surface area contributed by atoms with Crippen molar-refractivity contribution in [1.29, 1.82) is 0 Å². The van der Waals surface area contributed by atoms with Crippen LogP contribution in [0.5, 0.6) is 11.5 Å². The summed E-state index contributed by atoms with van der Waals surface area (Å²) in [5, 5.41) is 5.79. The fourth-order valence-corrected chi connectivity index (χ4v) is 3.24. The van der Waals surface area contributed by atoms with Gasteiger partial charge in [0.15, 0.2) is 0 Å². The van der Waals surface area contributed by atoms with Crippen molar-refractivity contribution >= 4 is 23.2 Å². The molecule has 0 spiro atoms. The number of hydrogen-bond donors (Lipinski definition) is 2. The summed E-state index contributed by atoms with van der Waals surface area (Å²) < 4.78 is 12.5. The van der Waals surface area contributed by atoms with Crippen molar-refractivity contribution in [3.63, 3.8) is 0 Å². The van der Waals surface area contributed by atoms with Crippen LogP contribution in [0.15, 0.2) is 66.9 Å². The molecule has 0 aliphatic heterocycles. The summed E-state index contributed by atoms with van der Waals surface area (Å²) in [4.78, 5) is 17.5. The lowest BCUT2D eigenvalue weighted by atomic mass is 10.1. The number of carbonyl (C=O) groups is 1. The Morgan fingerprint density at radius 2 is 1.70 bits per heavy atom. The van der Waals surface area contributed by atoms with E-state index in [1.54, 1.807) is 38.5 Å². The van der Waals surface area contributed by atoms with Crippen LogP contribution >= 0.6 is 0 Å². The zero-order valence-electron chi connectivity index (χ0n) is 17.0. The molecular formula is C23H22N4O3. The summed E-state index contributed by atoms with van der Waals surface area (Å²) in [6.07, 6.45) is 1.93. The summed E-state index contributed by atoms with van der Waals surface area (Å²) in [5.74, 6) is 1.96. The topological polar surface area (TPSA) is 76.9 Å². The van der Waals surface area contributed by atoms with E-state index < -0.39 is 0 Å². The van der Waals surface area contributed by atoms with E-state index in [1.807, 2.05) is 53.9 Å². The van der Waals surface area contributed by atoms with Crippen LogP contribution in [0, 0.1) is 6.92 Å². The third-order valence-electron chi connectivity index (χ3n) is 4.71. The number of benzene rings is 2. The number of methoxy groups -OCH3 is 2. The predicted octanol–water partition coefficient (Wildman–Crippen LogP) is 4.97. The van der Waals surface area contributed by atoms with Gasteiger partial charge in [-0.05, 0) is 55.0 Å². The van der Waals surface area contributed by atoms with Crippen molar-refractivity contribution in [2.75, 3.05) is 24.9 Å². The Hall–Kier alpha value is -4.00. The number of aryl methyl sites for hydroxylation is 1. The Labute approximate surface area is 174 Å². The van der Waals surface area contributed by atoms with Crippen LogP contribution in [0.2, 0.25) is 0 Å². The quantitative estimate of drug-likeness (QED) is 0.494. The molecule has 0 saturated heterocycles. The van der Waals surface area contributed by atoms with E-state index in [-0.39, 0.29) is 6.03 Å². The normalized spacial score (nSPS) is 10.6. The van der Waals surface area contributed by atoms with Crippen molar-refractivity contribution in [3.8, 4) is 22.8 Å². The van der Waals surface area contributed by atoms with Crippen LogP contribution in [-0.2, 0) is 0 Å². The largest absolute Gasteiger partial charge is 0.497 e. The molecule has 0 bridgehead atoms. The van der Waals surface area contributed by atoms with Gasteiger partial charge in [-0.15, -0.1) is 0 Å². The number of ether oxygens (including phenoxy) is 2. The molecule has 2 N–H and O–H groups in total. The second-order valence-electron chi connectivity index (χ2n) is 6.75. The number of para-hydroxylation sites is 1. The van der Waals surface area contributed by atoms with Gasteiger partial charge in [0.1, 0.15) is 28.7 Å². The number of aromatic nitrogens is 2. The Balaban J connectivity index is 1.72. The number of fused-ring (bicyclic) bond motifs is 1. The van der Waals surface area contributed by atoms with E-state index in [1.165, 1.54) is 0 Å². The fraction of sp³-hybridized carbons (Fsp3) is 0.130. The molecule has 7 heteroatoms. The van der Waals surface area contributed by atoms with Crippen molar-refractivity contribution in [2.24, 2.45) is 0 Å². The third-order valence-corrected chi connectivity index (χ3v) is 4.71. The smallest absolute Gasteiger partial charge is 0.324 e. The summed E-state index contributed by atoms with van der Waals surface area (Å²) >= 11 is 0. The first-order valence-corrected chi connectivity index (χ1v) is 9.43. The van der Waals surface area contributed by atoms with Crippen molar-refractivity contribution in [1.82, 2.24) is 9.38 Å². The van der Waals surface area contributed by atoms with Crippen LogP contribution in [0.25, 0.3) is 16.9 Å². The zero-order chi connectivity index (χ0) is 21.1. The second kappa shape index (κ2) is 8.16. The molecular weight excluding hydrogens is 380 g/mol. The second-order valence-corrected chi connectivity index (χ2v) is 6.75. The number of rotatable bonds is 5. The van der Waals surface area contributed by atoms with E-state index in [0.717, 1.165) is 22.5 Å². The molecule has 0 atom stereocenters. The minimum Gasteiger partial charge on any atom is -0.497 e. The summed E-state index contributed by atoms with van der Waals surface area (Å²) in [5.41, 5.74) is 3.84. The molecule has 2 heterocycles. The van der Waals surface area contributed by atoms with Gasteiger partial charge in [-0.25, -0.2) is 9.78 Å². The molecule has 2 aromatic carbocycles. The number of urea groups is 1. The molecule has 4 aromatic rings. The van der Waals surface area contributed by atoms with Crippen molar-refractivity contribution < 1.29 is 14.3 Å². The third kappa shape index (κ3) is 3.77. The molecule has 0 fully saturated rings. The summed E-state index contributed by atoms with van der Waals surface area (Å²) in [6, 6.07) is 18.2. The first-order chi connectivity index (χ1) is 14.6. The lowest BCUT2D eigenvalue weighted by Gasteiger charge is -2.11. The number of hydrogen-bond acceptors (Lipinski definition) is 4. The Kier molecular flexibility index (Phi) is 5.26. The average molecular weight is 402 g/mol. The molecule has 4 rings (SSSR count).